The molecule has 94 valence electrons. The van der Waals surface area contributed by atoms with Crippen LogP contribution in [0.5, 0.6) is 0 Å². The zero-order chi connectivity index (χ0) is 12.6. The fraction of sp³-hybridized carbons (Fsp3) is 0.429. The molecule has 1 saturated carbocycles. The molecule has 4 heteroatoms. The molecule has 0 radical (unpaired) electrons. The van der Waals surface area contributed by atoms with Gasteiger partial charge in [0.2, 0.25) is 0 Å². The summed E-state index contributed by atoms with van der Waals surface area (Å²) in [6.07, 6.45) is 4.40. The zero-order valence-corrected chi connectivity index (χ0v) is 10.8. The van der Waals surface area contributed by atoms with Crippen LogP contribution in [0.15, 0.2) is 36.5 Å². The van der Waals surface area contributed by atoms with Gasteiger partial charge in [-0.05, 0) is 37.4 Å². The molecule has 0 amide bonds. The van der Waals surface area contributed by atoms with Crippen molar-refractivity contribution in [3.05, 3.63) is 42.2 Å². The van der Waals surface area contributed by atoms with Crippen molar-refractivity contribution < 1.29 is 0 Å². The zero-order valence-electron chi connectivity index (χ0n) is 10.8. The van der Waals surface area contributed by atoms with Crippen LogP contribution in [0, 0.1) is 5.41 Å². The van der Waals surface area contributed by atoms with Crippen molar-refractivity contribution in [1.29, 1.82) is 0 Å². The number of hydrogen-bond acceptors (Lipinski definition) is 3. The van der Waals surface area contributed by atoms with E-state index in [4.69, 9.17) is 0 Å². The number of aromatic nitrogens is 3. The summed E-state index contributed by atoms with van der Waals surface area (Å²) in [5.41, 5.74) is 2.56. The molecule has 0 bridgehead atoms. The fourth-order valence-corrected chi connectivity index (χ4v) is 2.55. The number of rotatable bonds is 4. The Morgan fingerprint density at radius 2 is 2.00 bits per heavy atom. The quantitative estimate of drug-likeness (QED) is 0.894. The highest BCUT2D eigenvalue weighted by Crippen LogP contribution is 2.54. The second-order valence-corrected chi connectivity index (χ2v) is 5.28. The first-order valence-corrected chi connectivity index (χ1v) is 6.38. The topological polar surface area (TPSA) is 42.7 Å². The molecule has 1 N–H and O–H groups in total. The normalized spacial score (nSPS) is 18.6. The molecule has 0 saturated heterocycles. The summed E-state index contributed by atoms with van der Waals surface area (Å²) >= 11 is 0. The van der Waals surface area contributed by atoms with E-state index in [1.165, 1.54) is 12.8 Å². The average Bonchev–Trinajstić information content (AvgIpc) is 2.96. The van der Waals surface area contributed by atoms with Crippen LogP contribution in [-0.4, -0.2) is 22.0 Å². The van der Waals surface area contributed by atoms with Gasteiger partial charge in [-0.15, -0.1) is 5.10 Å². The Bertz CT molecular complexity index is 528. The second kappa shape index (κ2) is 4.21. The molecule has 1 fully saturated rings. The van der Waals surface area contributed by atoms with E-state index in [9.17, 15) is 0 Å². The maximum atomic E-state index is 4.22. The van der Waals surface area contributed by atoms with Crippen molar-refractivity contribution in [2.75, 3.05) is 7.05 Å². The Hall–Kier alpha value is -1.68. The van der Waals surface area contributed by atoms with E-state index in [0.717, 1.165) is 11.4 Å². The molecule has 1 aromatic carbocycles. The summed E-state index contributed by atoms with van der Waals surface area (Å²) in [4.78, 5) is 0. The van der Waals surface area contributed by atoms with Crippen LogP contribution in [0.1, 0.15) is 31.5 Å². The highest BCUT2D eigenvalue weighted by atomic mass is 15.4. The van der Waals surface area contributed by atoms with Crippen molar-refractivity contribution in [3.8, 4) is 5.69 Å². The van der Waals surface area contributed by atoms with Crippen molar-refractivity contribution in [1.82, 2.24) is 20.3 Å². The first kappa shape index (κ1) is 11.4. The Kier molecular flexibility index (Phi) is 2.67. The Labute approximate surface area is 107 Å². The standard InChI is InChI=1S/C14H18N4/c1-14(8-9-14)13(15-2)12-10-16-17-18(12)11-6-4-3-5-7-11/h3-7,10,13,15H,8-9H2,1-2H3. The highest BCUT2D eigenvalue weighted by Gasteiger charge is 2.46. The Morgan fingerprint density at radius 1 is 1.28 bits per heavy atom. The SMILES string of the molecule is CNC(c1cnnn1-c1ccccc1)C1(C)CC1. The Morgan fingerprint density at radius 3 is 2.61 bits per heavy atom. The predicted octanol–water partition coefficient (Wildman–Crippen LogP) is 2.33. The van der Waals surface area contributed by atoms with Crippen LogP contribution >= 0.6 is 0 Å². The molecule has 0 aliphatic heterocycles. The van der Waals surface area contributed by atoms with Gasteiger partial charge in [0, 0.05) is 0 Å². The summed E-state index contributed by atoms with van der Waals surface area (Å²) in [7, 11) is 2.01. The third-order valence-electron chi connectivity index (χ3n) is 3.90. The van der Waals surface area contributed by atoms with Gasteiger partial charge in [0.1, 0.15) is 0 Å². The van der Waals surface area contributed by atoms with Crippen LogP contribution in [0.3, 0.4) is 0 Å². The van der Waals surface area contributed by atoms with Gasteiger partial charge < -0.3 is 5.32 Å². The largest absolute Gasteiger partial charge is 0.311 e. The summed E-state index contributed by atoms with van der Waals surface area (Å²) < 4.78 is 1.94. The molecule has 3 rings (SSSR count). The van der Waals surface area contributed by atoms with E-state index >= 15 is 0 Å². The monoisotopic (exact) mass is 242 g/mol. The number of nitrogens with one attached hydrogen (secondary N) is 1. The second-order valence-electron chi connectivity index (χ2n) is 5.28. The molecule has 1 heterocycles. The lowest BCUT2D eigenvalue weighted by molar-refractivity contribution is 0.375. The first-order valence-electron chi connectivity index (χ1n) is 6.38. The summed E-state index contributed by atoms with van der Waals surface area (Å²) in [6.45, 7) is 2.32. The molecule has 1 atom stereocenters. The molecule has 1 unspecified atom stereocenters. The summed E-state index contributed by atoms with van der Waals surface area (Å²) in [5, 5.41) is 11.7. The molecule has 1 aromatic heterocycles. The van der Waals surface area contributed by atoms with Crippen LogP contribution < -0.4 is 5.32 Å². The molecule has 0 spiro atoms. The molecule has 2 aromatic rings. The third-order valence-corrected chi connectivity index (χ3v) is 3.90. The van der Waals surface area contributed by atoms with E-state index in [-0.39, 0.29) is 0 Å². The van der Waals surface area contributed by atoms with Gasteiger partial charge in [-0.25, -0.2) is 4.68 Å². The lowest BCUT2D eigenvalue weighted by atomic mass is 9.96. The number of benzene rings is 1. The van der Waals surface area contributed by atoms with Crippen molar-refractivity contribution in [3.63, 3.8) is 0 Å². The van der Waals surface area contributed by atoms with Crippen LogP contribution in [0.4, 0.5) is 0 Å². The minimum absolute atomic E-state index is 0.313. The molecule has 1 aliphatic carbocycles. The van der Waals surface area contributed by atoms with Gasteiger partial charge in [0.05, 0.1) is 23.6 Å². The van der Waals surface area contributed by atoms with E-state index in [0.29, 0.717) is 11.5 Å². The highest BCUT2D eigenvalue weighted by molar-refractivity contribution is 5.33. The van der Waals surface area contributed by atoms with Gasteiger partial charge in [-0.2, -0.15) is 0 Å². The van der Waals surface area contributed by atoms with Gasteiger partial charge in [0.15, 0.2) is 0 Å². The van der Waals surface area contributed by atoms with Gasteiger partial charge >= 0.3 is 0 Å². The van der Waals surface area contributed by atoms with Gasteiger partial charge in [-0.3, -0.25) is 0 Å². The average molecular weight is 242 g/mol. The first-order chi connectivity index (χ1) is 8.74. The minimum Gasteiger partial charge on any atom is -0.311 e. The molecule has 1 aliphatic rings. The lowest BCUT2D eigenvalue weighted by Crippen LogP contribution is -2.27. The predicted molar refractivity (Wildman–Crippen MR) is 70.5 cm³/mol. The molecular formula is C14H18N4. The van der Waals surface area contributed by atoms with E-state index < -0.39 is 0 Å². The van der Waals surface area contributed by atoms with Crippen LogP contribution in [0.25, 0.3) is 5.69 Å². The van der Waals surface area contributed by atoms with E-state index in [1.54, 1.807) is 0 Å². The van der Waals surface area contributed by atoms with Crippen LogP contribution in [0.2, 0.25) is 0 Å². The van der Waals surface area contributed by atoms with E-state index in [1.807, 2.05) is 36.1 Å². The van der Waals surface area contributed by atoms with E-state index in [2.05, 4.69) is 34.7 Å². The number of nitrogens with zero attached hydrogens (tertiary/aromatic N) is 3. The minimum atomic E-state index is 0.313. The molecular weight excluding hydrogens is 224 g/mol. The fourth-order valence-electron chi connectivity index (χ4n) is 2.55. The smallest absolute Gasteiger partial charge is 0.0820 e. The number of hydrogen-bond donors (Lipinski definition) is 1. The van der Waals surface area contributed by atoms with Crippen molar-refractivity contribution >= 4 is 0 Å². The van der Waals surface area contributed by atoms with Gasteiger partial charge in [0.25, 0.3) is 0 Å². The number of para-hydroxylation sites is 1. The molecule has 18 heavy (non-hydrogen) atoms. The summed E-state index contributed by atoms with van der Waals surface area (Å²) in [5.74, 6) is 0. The summed E-state index contributed by atoms with van der Waals surface area (Å²) in [6, 6.07) is 10.5. The lowest BCUT2D eigenvalue weighted by Gasteiger charge is -2.23. The maximum Gasteiger partial charge on any atom is 0.0820 e. The van der Waals surface area contributed by atoms with Crippen molar-refractivity contribution in [2.45, 2.75) is 25.8 Å². The third kappa shape index (κ3) is 1.82. The van der Waals surface area contributed by atoms with Crippen LogP contribution in [-0.2, 0) is 0 Å². The molecule has 4 nitrogen and oxygen atoms in total. The van der Waals surface area contributed by atoms with Gasteiger partial charge in [-0.1, -0.05) is 30.3 Å². The maximum absolute atomic E-state index is 4.22. The van der Waals surface area contributed by atoms with Crippen molar-refractivity contribution in [2.24, 2.45) is 5.41 Å². The Balaban J connectivity index is 2.01.